The molecule has 6 nitrogen and oxygen atoms in total. The van der Waals surface area contributed by atoms with Gasteiger partial charge in [0.1, 0.15) is 13.2 Å². The Bertz CT molecular complexity index is 681. The van der Waals surface area contributed by atoms with Gasteiger partial charge in [-0.3, -0.25) is 14.5 Å². The number of hydrogen-bond donors (Lipinski definition) is 1. The number of carbonyl (C=O) groups is 2. The molecule has 3 aliphatic heterocycles. The van der Waals surface area contributed by atoms with Crippen LogP contribution in [-0.4, -0.2) is 60.5 Å². The lowest BCUT2D eigenvalue weighted by Crippen LogP contribution is -2.60. The van der Waals surface area contributed by atoms with Crippen LogP contribution in [-0.2, 0) is 14.3 Å². The molecular weight excluding hydrogens is 342 g/mol. The summed E-state index contributed by atoms with van der Waals surface area (Å²) in [5.41, 5.74) is 6.50. The number of nitrogens with zero attached hydrogens (tertiary/aromatic N) is 2. The molecule has 0 radical (unpaired) electrons. The second-order valence-electron chi connectivity index (χ2n) is 8.24. The molecule has 27 heavy (non-hydrogen) atoms. The maximum Gasteiger partial charge on any atom is 0.248 e. The summed E-state index contributed by atoms with van der Waals surface area (Å²) in [6, 6.07) is 11.9. The van der Waals surface area contributed by atoms with Gasteiger partial charge in [-0.1, -0.05) is 30.3 Å². The Morgan fingerprint density at radius 1 is 1.07 bits per heavy atom. The maximum atomic E-state index is 12.5. The number of primary amides is 1. The third-order valence-corrected chi connectivity index (χ3v) is 6.39. The van der Waals surface area contributed by atoms with Crippen molar-refractivity contribution in [2.45, 2.75) is 37.8 Å². The van der Waals surface area contributed by atoms with E-state index in [1.54, 1.807) is 0 Å². The van der Waals surface area contributed by atoms with Crippen LogP contribution < -0.4 is 5.73 Å². The van der Waals surface area contributed by atoms with Crippen LogP contribution in [0.25, 0.3) is 0 Å². The first-order valence-electron chi connectivity index (χ1n) is 10.1. The van der Waals surface area contributed by atoms with E-state index in [4.69, 9.17) is 10.5 Å². The fourth-order valence-corrected chi connectivity index (χ4v) is 5.38. The Morgan fingerprint density at radius 3 is 2.67 bits per heavy atom. The molecule has 3 heterocycles. The lowest BCUT2D eigenvalue weighted by molar-refractivity contribution is -0.144. The standard InChI is InChI=1S/C21H29N3O3/c22-20(25)13-27-14-21(26)23-10-15-9-17(12-23)19-8-4-7-18(24(19)11-15)16-5-2-1-3-6-16/h1-3,5-6,15,17-19H,4,7-14H2,(H2,22,25)/t15-,17+,18+,19-/m0/s1. The van der Waals surface area contributed by atoms with Gasteiger partial charge in [0.05, 0.1) is 0 Å². The molecule has 3 aliphatic rings. The van der Waals surface area contributed by atoms with Crippen LogP contribution in [0.3, 0.4) is 0 Å². The van der Waals surface area contributed by atoms with Crippen molar-refractivity contribution in [2.24, 2.45) is 17.6 Å². The van der Waals surface area contributed by atoms with E-state index in [1.807, 2.05) is 4.90 Å². The Kier molecular flexibility index (Phi) is 5.45. The summed E-state index contributed by atoms with van der Waals surface area (Å²) in [5.74, 6) is 0.492. The van der Waals surface area contributed by atoms with Gasteiger partial charge < -0.3 is 15.4 Å². The number of benzene rings is 1. The second kappa shape index (κ2) is 7.98. The number of rotatable bonds is 5. The van der Waals surface area contributed by atoms with Crippen LogP contribution in [0.4, 0.5) is 0 Å². The Morgan fingerprint density at radius 2 is 1.89 bits per heavy atom. The zero-order valence-electron chi connectivity index (χ0n) is 15.8. The van der Waals surface area contributed by atoms with Crippen LogP contribution in [0.5, 0.6) is 0 Å². The fraction of sp³-hybridized carbons (Fsp3) is 0.619. The molecule has 6 heteroatoms. The number of hydrogen-bond acceptors (Lipinski definition) is 4. The van der Waals surface area contributed by atoms with Crippen molar-refractivity contribution in [2.75, 3.05) is 32.8 Å². The van der Waals surface area contributed by atoms with Gasteiger partial charge >= 0.3 is 0 Å². The molecule has 4 atom stereocenters. The minimum absolute atomic E-state index is 0.0187. The van der Waals surface area contributed by atoms with Crippen LogP contribution in [0.2, 0.25) is 0 Å². The molecule has 2 bridgehead atoms. The van der Waals surface area contributed by atoms with E-state index in [-0.39, 0.29) is 19.1 Å². The molecule has 2 amide bonds. The van der Waals surface area contributed by atoms with E-state index in [0.29, 0.717) is 23.9 Å². The van der Waals surface area contributed by atoms with E-state index in [2.05, 4.69) is 35.2 Å². The number of amides is 2. The zero-order chi connectivity index (χ0) is 18.8. The second-order valence-corrected chi connectivity index (χ2v) is 8.24. The molecule has 1 aromatic rings. The number of nitrogens with two attached hydrogens (primary N) is 1. The molecule has 3 saturated heterocycles. The van der Waals surface area contributed by atoms with Gasteiger partial charge in [-0.2, -0.15) is 0 Å². The van der Waals surface area contributed by atoms with E-state index in [0.717, 1.165) is 19.6 Å². The predicted molar refractivity (Wildman–Crippen MR) is 102 cm³/mol. The van der Waals surface area contributed by atoms with Crippen LogP contribution >= 0.6 is 0 Å². The topological polar surface area (TPSA) is 75.9 Å². The van der Waals surface area contributed by atoms with Gasteiger partial charge in [0.2, 0.25) is 11.8 Å². The number of fused-ring (bicyclic) bond motifs is 4. The summed E-state index contributed by atoms with van der Waals surface area (Å²) in [4.78, 5) is 28.0. The Labute approximate surface area is 160 Å². The molecule has 0 aliphatic carbocycles. The van der Waals surface area contributed by atoms with Crippen LogP contribution in [0.1, 0.15) is 37.3 Å². The molecule has 2 N–H and O–H groups in total. The number of ether oxygens (including phenoxy) is 1. The summed E-state index contributed by atoms with van der Waals surface area (Å²) in [6.45, 7) is 2.41. The van der Waals surface area contributed by atoms with Gasteiger partial charge in [-0.25, -0.2) is 0 Å². The van der Waals surface area contributed by atoms with Crippen molar-refractivity contribution in [3.05, 3.63) is 35.9 Å². The highest BCUT2D eigenvalue weighted by Crippen LogP contribution is 2.44. The average Bonchev–Trinajstić information content (AvgIpc) is 2.67. The van der Waals surface area contributed by atoms with Crippen molar-refractivity contribution >= 4 is 11.8 Å². The molecule has 0 aromatic heterocycles. The third kappa shape index (κ3) is 4.01. The molecule has 4 rings (SSSR count). The highest BCUT2D eigenvalue weighted by Gasteiger charge is 2.45. The summed E-state index contributed by atoms with van der Waals surface area (Å²) in [5, 5.41) is 0. The highest BCUT2D eigenvalue weighted by atomic mass is 16.5. The van der Waals surface area contributed by atoms with Gasteiger partial charge in [0.25, 0.3) is 0 Å². The highest BCUT2D eigenvalue weighted by molar-refractivity contribution is 5.79. The van der Waals surface area contributed by atoms with Gasteiger partial charge in [0, 0.05) is 31.7 Å². The van der Waals surface area contributed by atoms with Gasteiger partial charge in [-0.15, -0.1) is 0 Å². The molecular formula is C21H29N3O3. The molecule has 1 aromatic carbocycles. The maximum absolute atomic E-state index is 12.5. The van der Waals surface area contributed by atoms with Crippen molar-refractivity contribution in [3.8, 4) is 0 Å². The Balaban J connectivity index is 1.42. The lowest BCUT2D eigenvalue weighted by Gasteiger charge is -2.55. The van der Waals surface area contributed by atoms with E-state index in [1.165, 1.54) is 31.2 Å². The molecule has 146 valence electrons. The zero-order valence-corrected chi connectivity index (χ0v) is 15.8. The van der Waals surface area contributed by atoms with E-state index < -0.39 is 5.91 Å². The largest absolute Gasteiger partial charge is 0.368 e. The van der Waals surface area contributed by atoms with Crippen molar-refractivity contribution < 1.29 is 14.3 Å². The lowest BCUT2D eigenvalue weighted by atomic mass is 9.74. The summed E-state index contributed by atoms with van der Waals surface area (Å²) in [7, 11) is 0. The smallest absolute Gasteiger partial charge is 0.248 e. The SMILES string of the molecule is NC(=O)COCC(=O)N1C[C@@H]2C[C@H](C1)[C@@H]1CCC[C@H](c3ccccc3)N1C2. The average molecular weight is 371 g/mol. The molecule has 0 unspecified atom stereocenters. The van der Waals surface area contributed by atoms with E-state index in [9.17, 15) is 9.59 Å². The predicted octanol–water partition coefficient (Wildman–Crippen LogP) is 1.56. The first-order valence-corrected chi connectivity index (χ1v) is 10.1. The van der Waals surface area contributed by atoms with Crippen LogP contribution in [0.15, 0.2) is 30.3 Å². The normalized spacial score (nSPS) is 30.6. The Hall–Kier alpha value is -1.92. The summed E-state index contributed by atoms with van der Waals surface area (Å²) < 4.78 is 5.14. The minimum Gasteiger partial charge on any atom is -0.368 e. The first kappa shape index (κ1) is 18.4. The number of carbonyl (C=O) groups excluding carboxylic acids is 2. The minimum atomic E-state index is -0.539. The molecule has 0 spiro atoms. The van der Waals surface area contributed by atoms with Gasteiger partial charge in [-0.05, 0) is 43.1 Å². The van der Waals surface area contributed by atoms with Crippen molar-refractivity contribution in [3.63, 3.8) is 0 Å². The van der Waals surface area contributed by atoms with E-state index >= 15 is 0 Å². The molecule has 0 saturated carbocycles. The van der Waals surface area contributed by atoms with Crippen molar-refractivity contribution in [1.82, 2.24) is 9.80 Å². The first-order chi connectivity index (χ1) is 13.1. The monoisotopic (exact) mass is 371 g/mol. The molecule has 3 fully saturated rings. The fourth-order valence-electron chi connectivity index (χ4n) is 5.38. The summed E-state index contributed by atoms with van der Waals surface area (Å²) >= 11 is 0. The van der Waals surface area contributed by atoms with Crippen molar-refractivity contribution in [1.29, 1.82) is 0 Å². The number of likely N-dealkylation sites (tertiary alicyclic amines) is 1. The quantitative estimate of drug-likeness (QED) is 0.852. The van der Waals surface area contributed by atoms with Crippen LogP contribution in [0, 0.1) is 11.8 Å². The summed E-state index contributed by atoms with van der Waals surface area (Å²) in [6.07, 6.45) is 4.91. The number of piperidine rings is 3. The third-order valence-electron chi connectivity index (χ3n) is 6.39. The van der Waals surface area contributed by atoms with Gasteiger partial charge in [0.15, 0.2) is 0 Å².